The first-order valence-electron chi connectivity index (χ1n) is 10.2. The Balaban J connectivity index is 1.61. The van der Waals surface area contributed by atoms with Crippen LogP contribution in [0.15, 0.2) is 48.5 Å². The number of aryl methyl sites for hydroxylation is 1. The standard InChI is InChI=1S/C23H22N6OS/c1-29-12-6-11-17-19(29)22(25-13-14-7-3-2-4-8-14)27-23(26-17)20-15-9-5-10-16(21(24)30)18(15)28-31-20/h2-5,7-10H,6,11-13H2,1H3,(H2,24,30)(H,25,26,27). The number of nitrogens with one attached hydrogen (secondary N) is 1. The Morgan fingerprint density at radius 3 is 2.81 bits per heavy atom. The van der Waals surface area contributed by atoms with Crippen molar-refractivity contribution in [2.75, 3.05) is 23.8 Å². The maximum Gasteiger partial charge on any atom is 0.250 e. The first-order valence-corrected chi connectivity index (χ1v) is 11.0. The number of nitrogens with zero attached hydrogens (tertiary/aromatic N) is 4. The molecule has 1 aliphatic heterocycles. The molecule has 0 aliphatic carbocycles. The topological polar surface area (TPSA) is 97.0 Å². The molecule has 1 amide bonds. The number of hydrogen-bond acceptors (Lipinski definition) is 7. The summed E-state index contributed by atoms with van der Waals surface area (Å²) in [5.41, 5.74) is 9.82. The highest BCUT2D eigenvalue weighted by Gasteiger charge is 2.24. The average Bonchev–Trinajstić information content (AvgIpc) is 3.22. The predicted octanol–water partition coefficient (Wildman–Crippen LogP) is 3.85. The maximum atomic E-state index is 11.8. The van der Waals surface area contributed by atoms with Crippen LogP contribution in [0.2, 0.25) is 0 Å². The van der Waals surface area contributed by atoms with Gasteiger partial charge in [0.05, 0.1) is 16.8 Å². The second kappa shape index (κ2) is 7.96. The van der Waals surface area contributed by atoms with E-state index in [4.69, 9.17) is 15.7 Å². The molecule has 31 heavy (non-hydrogen) atoms. The molecule has 1 aliphatic rings. The number of aromatic nitrogens is 3. The van der Waals surface area contributed by atoms with Gasteiger partial charge in [0.25, 0.3) is 5.91 Å². The average molecular weight is 431 g/mol. The third-order valence-electron chi connectivity index (χ3n) is 5.53. The lowest BCUT2D eigenvalue weighted by molar-refractivity contribution is 0.100. The van der Waals surface area contributed by atoms with Gasteiger partial charge in [0.1, 0.15) is 10.6 Å². The van der Waals surface area contributed by atoms with E-state index in [1.165, 1.54) is 17.1 Å². The van der Waals surface area contributed by atoms with Crippen LogP contribution in [-0.2, 0) is 13.0 Å². The normalized spacial score (nSPS) is 13.3. The second-order valence-electron chi connectivity index (χ2n) is 7.63. The number of benzene rings is 2. The van der Waals surface area contributed by atoms with Crippen LogP contribution >= 0.6 is 11.5 Å². The van der Waals surface area contributed by atoms with Crippen molar-refractivity contribution in [1.29, 1.82) is 0 Å². The van der Waals surface area contributed by atoms with E-state index in [0.717, 1.165) is 46.8 Å². The third-order valence-corrected chi connectivity index (χ3v) is 6.38. The summed E-state index contributed by atoms with van der Waals surface area (Å²) in [7, 11) is 2.08. The smallest absolute Gasteiger partial charge is 0.250 e. The molecule has 8 heteroatoms. The summed E-state index contributed by atoms with van der Waals surface area (Å²) < 4.78 is 4.50. The largest absolute Gasteiger partial charge is 0.370 e. The lowest BCUT2D eigenvalue weighted by Crippen LogP contribution is -2.27. The number of nitrogens with two attached hydrogens (primary N) is 1. The van der Waals surface area contributed by atoms with Gasteiger partial charge >= 0.3 is 0 Å². The van der Waals surface area contributed by atoms with Crippen molar-refractivity contribution in [3.8, 4) is 10.7 Å². The fourth-order valence-corrected chi connectivity index (χ4v) is 4.82. The Morgan fingerprint density at radius 2 is 2.00 bits per heavy atom. The van der Waals surface area contributed by atoms with Crippen LogP contribution in [0, 0.1) is 0 Å². The molecule has 0 saturated carbocycles. The number of fused-ring (bicyclic) bond motifs is 2. The monoisotopic (exact) mass is 430 g/mol. The van der Waals surface area contributed by atoms with Crippen LogP contribution in [0.25, 0.3) is 21.6 Å². The number of carbonyl (C=O) groups is 1. The van der Waals surface area contributed by atoms with Crippen molar-refractivity contribution in [2.24, 2.45) is 5.73 Å². The highest BCUT2D eigenvalue weighted by molar-refractivity contribution is 7.11. The van der Waals surface area contributed by atoms with E-state index in [0.29, 0.717) is 23.4 Å². The Labute approximate surface area is 184 Å². The van der Waals surface area contributed by atoms with Crippen LogP contribution in [0.1, 0.15) is 28.0 Å². The predicted molar refractivity (Wildman–Crippen MR) is 125 cm³/mol. The minimum atomic E-state index is -0.486. The van der Waals surface area contributed by atoms with Crippen LogP contribution in [0.4, 0.5) is 11.5 Å². The molecule has 2 aromatic carbocycles. The highest BCUT2D eigenvalue weighted by atomic mass is 32.1. The molecule has 0 atom stereocenters. The summed E-state index contributed by atoms with van der Waals surface area (Å²) in [6.45, 7) is 1.65. The number of hydrogen-bond donors (Lipinski definition) is 2. The number of carbonyl (C=O) groups excluding carboxylic acids is 1. The molecule has 0 unspecified atom stereocenters. The van der Waals surface area contributed by atoms with Crippen LogP contribution in [0.5, 0.6) is 0 Å². The van der Waals surface area contributed by atoms with E-state index in [1.807, 2.05) is 30.3 Å². The molecule has 2 aromatic heterocycles. The number of anilines is 2. The van der Waals surface area contributed by atoms with Crippen molar-refractivity contribution in [3.63, 3.8) is 0 Å². The zero-order chi connectivity index (χ0) is 21.4. The summed E-state index contributed by atoms with van der Waals surface area (Å²) in [6.07, 6.45) is 1.95. The zero-order valence-corrected chi connectivity index (χ0v) is 17.9. The maximum absolute atomic E-state index is 11.8. The van der Waals surface area contributed by atoms with E-state index < -0.39 is 5.91 Å². The Morgan fingerprint density at radius 1 is 1.16 bits per heavy atom. The fourth-order valence-electron chi connectivity index (χ4n) is 4.00. The lowest BCUT2D eigenvalue weighted by atomic mass is 10.1. The molecule has 0 fully saturated rings. The zero-order valence-electron chi connectivity index (χ0n) is 17.1. The summed E-state index contributed by atoms with van der Waals surface area (Å²) in [5.74, 6) is 0.957. The summed E-state index contributed by atoms with van der Waals surface area (Å²) in [4.78, 5) is 24.7. The van der Waals surface area contributed by atoms with E-state index in [1.54, 1.807) is 6.07 Å². The van der Waals surface area contributed by atoms with Gasteiger partial charge in [-0.2, -0.15) is 4.37 Å². The molecular weight excluding hydrogens is 408 g/mol. The Kier molecular flexibility index (Phi) is 4.99. The molecule has 3 heterocycles. The number of rotatable bonds is 5. The molecule has 5 rings (SSSR count). The molecule has 0 bridgehead atoms. The molecule has 3 N–H and O–H groups in total. The molecule has 0 spiro atoms. The van der Waals surface area contributed by atoms with Crippen molar-refractivity contribution < 1.29 is 4.79 Å². The molecule has 0 saturated heterocycles. The van der Waals surface area contributed by atoms with Gasteiger partial charge < -0.3 is 16.0 Å². The highest BCUT2D eigenvalue weighted by Crippen LogP contribution is 2.37. The fraction of sp³-hybridized carbons (Fsp3) is 0.217. The van der Waals surface area contributed by atoms with Crippen molar-refractivity contribution >= 4 is 39.8 Å². The molecule has 0 radical (unpaired) electrons. The minimum Gasteiger partial charge on any atom is -0.370 e. The lowest BCUT2D eigenvalue weighted by Gasteiger charge is -2.29. The Hall–Kier alpha value is -3.52. The first kappa shape index (κ1) is 19.4. The van der Waals surface area contributed by atoms with Gasteiger partial charge in [0.15, 0.2) is 11.6 Å². The quantitative estimate of drug-likeness (QED) is 0.499. The number of amides is 1. The van der Waals surface area contributed by atoms with Gasteiger partial charge in [-0.3, -0.25) is 4.79 Å². The molecule has 4 aromatic rings. The third kappa shape index (κ3) is 3.59. The first-order chi connectivity index (χ1) is 15.1. The minimum absolute atomic E-state index is 0.417. The van der Waals surface area contributed by atoms with Gasteiger partial charge in [-0.1, -0.05) is 42.5 Å². The SMILES string of the molecule is CN1CCCc2nc(-c3snc4c(C(N)=O)cccc34)nc(NCc3ccccc3)c21. The second-order valence-corrected chi connectivity index (χ2v) is 8.41. The van der Waals surface area contributed by atoms with E-state index >= 15 is 0 Å². The molecular formula is C23H22N6OS. The van der Waals surface area contributed by atoms with Crippen LogP contribution < -0.4 is 16.0 Å². The van der Waals surface area contributed by atoms with E-state index in [9.17, 15) is 4.79 Å². The number of primary amides is 1. The molecule has 156 valence electrons. The van der Waals surface area contributed by atoms with Crippen LogP contribution in [0.3, 0.4) is 0 Å². The van der Waals surface area contributed by atoms with Crippen LogP contribution in [-0.4, -0.2) is 33.8 Å². The van der Waals surface area contributed by atoms with E-state index in [2.05, 4.69) is 33.8 Å². The Bertz CT molecular complexity index is 1270. The van der Waals surface area contributed by atoms with Gasteiger partial charge in [-0.15, -0.1) is 0 Å². The van der Waals surface area contributed by atoms with Crippen molar-refractivity contribution in [3.05, 3.63) is 65.4 Å². The summed E-state index contributed by atoms with van der Waals surface area (Å²) in [6, 6.07) is 15.7. The van der Waals surface area contributed by atoms with Gasteiger partial charge in [-0.05, 0) is 36.0 Å². The van der Waals surface area contributed by atoms with Gasteiger partial charge in [0.2, 0.25) is 0 Å². The van der Waals surface area contributed by atoms with Crippen molar-refractivity contribution in [2.45, 2.75) is 19.4 Å². The van der Waals surface area contributed by atoms with Gasteiger partial charge in [-0.25, -0.2) is 9.97 Å². The summed E-state index contributed by atoms with van der Waals surface area (Å²) in [5, 5.41) is 4.36. The molecule has 7 nitrogen and oxygen atoms in total. The summed E-state index contributed by atoms with van der Waals surface area (Å²) >= 11 is 1.30. The van der Waals surface area contributed by atoms with Gasteiger partial charge in [0, 0.05) is 25.5 Å². The van der Waals surface area contributed by atoms with E-state index in [-0.39, 0.29) is 0 Å². The van der Waals surface area contributed by atoms with Crippen molar-refractivity contribution in [1.82, 2.24) is 14.3 Å².